The maximum atomic E-state index is 13.8. The van der Waals surface area contributed by atoms with Gasteiger partial charge in [0.05, 0.1) is 13.2 Å². The molecular formula is C26H19F5N2O2. The highest BCUT2D eigenvalue weighted by Crippen LogP contribution is 2.27. The Bertz CT molecular complexity index is 1260. The number of hydrogen-bond acceptors (Lipinski definition) is 3. The minimum atomic E-state index is -2.30. The lowest BCUT2D eigenvalue weighted by Gasteiger charge is -2.26. The van der Waals surface area contributed by atoms with Crippen molar-refractivity contribution in [3.05, 3.63) is 99.9 Å². The van der Waals surface area contributed by atoms with E-state index in [0.29, 0.717) is 5.56 Å². The number of halogens is 5. The summed E-state index contributed by atoms with van der Waals surface area (Å²) < 4.78 is 72.7. The zero-order valence-electron chi connectivity index (χ0n) is 18.3. The molecule has 0 aromatic heterocycles. The van der Waals surface area contributed by atoms with Crippen LogP contribution in [0.15, 0.2) is 48.5 Å². The van der Waals surface area contributed by atoms with Crippen LogP contribution in [-0.4, -0.2) is 37.1 Å². The van der Waals surface area contributed by atoms with Gasteiger partial charge in [-0.25, -0.2) is 22.0 Å². The number of carbonyl (C=O) groups excluding carboxylic acids is 1. The molecule has 3 aromatic carbocycles. The Morgan fingerprint density at radius 1 is 0.771 bits per heavy atom. The van der Waals surface area contributed by atoms with Crippen LogP contribution in [0.1, 0.15) is 27.0 Å². The van der Waals surface area contributed by atoms with Crippen molar-refractivity contribution in [3.8, 4) is 11.8 Å². The van der Waals surface area contributed by atoms with Crippen LogP contribution in [0.2, 0.25) is 0 Å². The summed E-state index contributed by atoms with van der Waals surface area (Å²) in [4.78, 5) is 14.6. The van der Waals surface area contributed by atoms with Crippen molar-refractivity contribution in [2.24, 2.45) is 0 Å². The van der Waals surface area contributed by atoms with Crippen LogP contribution in [0.3, 0.4) is 0 Å². The van der Waals surface area contributed by atoms with Crippen molar-refractivity contribution in [1.82, 2.24) is 4.90 Å². The molecule has 0 atom stereocenters. The number of carbonyl (C=O) groups is 1. The molecule has 1 saturated heterocycles. The minimum absolute atomic E-state index is 0.0491. The van der Waals surface area contributed by atoms with Crippen molar-refractivity contribution < 1.29 is 31.5 Å². The van der Waals surface area contributed by atoms with Crippen LogP contribution in [-0.2, 0) is 11.3 Å². The van der Waals surface area contributed by atoms with Crippen LogP contribution < -0.4 is 5.32 Å². The quantitative estimate of drug-likeness (QED) is 0.248. The topological polar surface area (TPSA) is 41.6 Å². The molecule has 9 heteroatoms. The minimum Gasteiger partial charge on any atom is -0.379 e. The highest BCUT2D eigenvalue weighted by Gasteiger charge is 2.27. The molecule has 1 N–H and O–H groups in total. The fourth-order valence-electron chi connectivity index (χ4n) is 3.46. The number of amides is 1. The third-order valence-electron chi connectivity index (χ3n) is 5.41. The standard InChI is InChI=1S/C26H19F5N2O2/c27-20-21(28)23(30)25(24(31)22(20)29)32-26(34)19-9-7-17(8-10-19)2-1-16-3-5-18(6-4-16)15-33-11-13-35-14-12-33/h3-10H,11-15H2,(H,32,34). The Morgan fingerprint density at radius 3 is 1.80 bits per heavy atom. The second-order valence-corrected chi connectivity index (χ2v) is 7.81. The number of hydrogen-bond donors (Lipinski definition) is 1. The molecule has 0 bridgehead atoms. The molecule has 0 aliphatic carbocycles. The molecule has 35 heavy (non-hydrogen) atoms. The van der Waals surface area contributed by atoms with Gasteiger partial charge in [0.25, 0.3) is 5.91 Å². The number of nitrogens with zero attached hydrogens (tertiary/aromatic N) is 1. The van der Waals surface area contributed by atoms with E-state index in [4.69, 9.17) is 4.74 Å². The fraction of sp³-hybridized carbons (Fsp3) is 0.192. The number of anilines is 1. The monoisotopic (exact) mass is 486 g/mol. The number of ether oxygens (including phenoxy) is 1. The number of benzene rings is 3. The molecule has 1 fully saturated rings. The highest BCUT2D eigenvalue weighted by atomic mass is 19.2. The number of rotatable bonds is 4. The molecule has 0 radical (unpaired) electrons. The summed E-state index contributed by atoms with van der Waals surface area (Å²) >= 11 is 0. The van der Waals surface area contributed by atoms with E-state index < -0.39 is 40.7 Å². The van der Waals surface area contributed by atoms with E-state index in [0.717, 1.165) is 38.4 Å². The Hall–Kier alpha value is -3.74. The van der Waals surface area contributed by atoms with Crippen molar-refractivity contribution in [2.75, 3.05) is 31.6 Å². The molecule has 0 spiro atoms. The molecule has 1 amide bonds. The molecule has 1 aliphatic rings. The molecule has 0 saturated carbocycles. The van der Waals surface area contributed by atoms with E-state index in [2.05, 4.69) is 16.7 Å². The van der Waals surface area contributed by atoms with Crippen molar-refractivity contribution in [1.29, 1.82) is 0 Å². The molecule has 3 aromatic rings. The first-order valence-corrected chi connectivity index (χ1v) is 10.7. The molecule has 180 valence electrons. The summed E-state index contributed by atoms with van der Waals surface area (Å²) in [5.74, 6) is -5.89. The van der Waals surface area contributed by atoms with E-state index in [1.165, 1.54) is 29.8 Å². The van der Waals surface area contributed by atoms with Gasteiger partial charge in [-0.05, 0) is 42.0 Å². The Balaban J connectivity index is 1.41. The predicted molar refractivity (Wildman–Crippen MR) is 119 cm³/mol. The summed E-state index contributed by atoms with van der Waals surface area (Å²) in [6, 6.07) is 13.5. The van der Waals surface area contributed by atoms with Crippen molar-refractivity contribution in [3.63, 3.8) is 0 Å². The summed E-state index contributed by atoms with van der Waals surface area (Å²) in [5.41, 5.74) is 1.07. The first kappa shape index (κ1) is 24.4. The van der Waals surface area contributed by atoms with Crippen LogP contribution in [0, 0.1) is 40.9 Å². The van der Waals surface area contributed by atoms with Crippen LogP contribution in [0.25, 0.3) is 0 Å². The molecule has 1 heterocycles. The second kappa shape index (κ2) is 10.7. The van der Waals surface area contributed by atoms with Gasteiger partial charge in [0.1, 0.15) is 5.69 Å². The zero-order chi connectivity index (χ0) is 24.9. The van der Waals surface area contributed by atoms with Gasteiger partial charge >= 0.3 is 0 Å². The van der Waals surface area contributed by atoms with E-state index in [1.807, 2.05) is 24.3 Å². The van der Waals surface area contributed by atoms with E-state index >= 15 is 0 Å². The predicted octanol–water partition coefficient (Wildman–Crippen LogP) is 4.87. The molecule has 4 nitrogen and oxygen atoms in total. The van der Waals surface area contributed by atoms with Crippen molar-refractivity contribution in [2.45, 2.75) is 6.54 Å². The van der Waals surface area contributed by atoms with Crippen molar-refractivity contribution >= 4 is 11.6 Å². The largest absolute Gasteiger partial charge is 0.379 e. The maximum Gasteiger partial charge on any atom is 0.255 e. The summed E-state index contributed by atoms with van der Waals surface area (Å²) in [5, 5.41) is 1.73. The average molecular weight is 486 g/mol. The van der Waals surface area contributed by atoms with Crippen LogP contribution >= 0.6 is 0 Å². The van der Waals surface area contributed by atoms with Gasteiger partial charge in [-0.2, -0.15) is 0 Å². The zero-order valence-corrected chi connectivity index (χ0v) is 18.3. The smallest absolute Gasteiger partial charge is 0.255 e. The average Bonchev–Trinajstić information content (AvgIpc) is 2.89. The number of nitrogens with one attached hydrogen (secondary N) is 1. The lowest BCUT2D eigenvalue weighted by atomic mass is 10.1. The molecule has 1 aliphatic heterocycles. The van der Waals surface area contributed by atoms with E-state index in [1.54, 1.807) is 5.32 Å². The Kier molecular flexibility index (Phi) is 7.44. The first-order chi connectivity index (χ1) is 16.8. The van der Waals surface area contributed by atoms with Gasteiger partial charge in [0.2, 0.25) is 5.82 Å². The summed E-state index contributed by atoms with van der Waals surface area (Å²) in [6.07, 6.45) is 0. The summed E-state index contributed by atoms with van der Waals surface area (Å²) in [7, 11) is 0. The summed E-state index contributed by atoms with van der Waals surface area (Å²) in [6.45, 7) is 4.11. The molecular weight excluding hydrogens is 467 g/mol. The van der Waals surface area contributed by atoms with Crippen LogP contribution in [0.5, 0.6) is 0 Å². The van der Waals surface area contributed by atoms with Crippen LogP contribution in [0.4, 0.5) is 27.6 Å². The van der Waals surface area contributed by atoms with Gasteiger partial charge in [-0.1, -0.05) is 24.0 Å². The number of morpholine rings is 1. The van der Waals surface area contributed by atoms with Gasteiger partial charge < -0.3 is 10.1 Å². The van der Waals surface area contributed by atoms with Gasteiger partial charge in [0.15, 0.2) is 23.3 Å². The Morgan fingerprint density at radius 2 is 1.26 bits per heavy atom. The maximum absolute atomic E-state index is 13.8. The van der Waals surface area contributed by atoms with Gasteiger partial charge in [0, 0.05) is 36.3 Å². The lowest BCUT2D eigenvalue weighted by Crippen LogP contribution is -2.35. The van der Waals surface area contributed by atoms with E-state index in [9.17, 15) is 26.7 Å². The second-order valence-electron chi connectivity index (χ2n) is 7.81. The fourth-order valence-corrected chi connectivity index (χ4v) is 3.46. The first-order valence-electron chi connectivity index (χ1n) is 10.7. The highest BCUT2D eigenvalue weighted by molar-refractivity contribution is 6.04. The van der Waals surface area contributed by atoms with E-state index in [-0.39, 0.29) is 5.56 Å². The lowest BCUT2D eigenvalue weighted by molar-refractivity contribution is 0.0342. The molecule has 0 unspecified atom stereocenters. The van der Waals surface area contributed by atoms with Gasteiger partial charge in [-0.3, -0.25) is 9.69 Å². The normalized spacial score (nSPS) is 13.7. The Labute approximate surface area is 198 Å². The molecule has 4 rings (SSSR count). The third kappa shape index (κ3) is 5.67. The van der Waals surface area contributed by atoms with Gasteiger partial charge in [-0.15, -0.1) is 0 Å². The third-order valence-corrected chi connectivity index (χ3v) is 5.41. The SMILES string of the molecule is O=C(Nc1c(F)c(F)c(F)c(F)c1F)c1ccc(C#Cc2ccc(CN3CCOCC3)cc2)cc1.